The number of methoxy groups -OCH3 is 1. The van der Waals surface area contributed by atoms with Gasteiger partial charge in [0.15, 0.2) is 5.82 Å². The Labute approximate surface area is 116 Å². The SMILES string of the molecule is COC(=O)c1ccc(Nc2ncccc2N)c(CN)c1. The molecule has 0 radical (unpaired) electrons. The van der Waals surface area contributed by atoms with Crippen molar-refractivity contribution >= 4 is 23.2 Å². The standard InChI is InChI=1S/C14H16N4O2/c1-20-14(19)9-4-5-12(10(7-9)8-15)18-13-11(16)3-2-6-17-13/h2-7H,8,15-16H2,1H3,(H,17,18). The minimum Gasteiger partial charge on any atom is -0.465 e. The molecule has 0 bridgehead atoms. The highest BCUT2D eigenvalue weighted by atomic mass is 16.5. The molecular weight excluding hydrogens is 256 g/mol. The van der Waals surface area contributed by atoms with Crippen LogP contribution >= 0.6 is 0 Å². The summed E-state index contributed by atoms with van der Waals surface area (Å²) in [6, 6.07) is 8.60. The Bertz CT molecular complexity index is 628. The molecule has 0 atom stereocenters. The number of nitrogens with two attached hydrogens (primary N) is 2. The maximum absolute atomic E-state index is 11.5. The third-order valence-electron chi connectivity index (χ3n) is 2.84. The maximum Gasteiger partial charge on any atom is 0.337 e. The topological polar surface area (TPSA) is 103 Å². The van der Waals surface area contributed by atoms with Crippen LogP contribution in [0.1, 0.15) is 15.9 Å². The van der Waals surface area contributed by atoms with E-state index in [1.54, 1.807) is 36.5 Å². The lowest BCUT2D eigenvalue weighted by atomic mass is 10.1. The molecule has 2 aromatic rings. The summed E-state index contributed by atoms with van der Waals surface area (Å²) in [6.07, 6.45) is 1.64. The number of esters is 1. The van der Waals surface area contributed by atoms with E-state index in [0.29, 0.717) is 17.1 Å². The minimum absolute atomic E-state index is 0.278. The van der Waals surface area contributed by atoms with Gasteiger partial charge in [-0.05, 0) is 35.9 Å². The Kier molecular flexibility index (Phi) is 4.17. The molecule has 0 aliphatic heterocycles. The van der Waals surface area contributed by atoms with Gasteiger partial charge in [0.25, 0.3) is 0 Å². The summed E-state index contributed by atoms with van der Waals surface area (Å²) in [6.45, 7) is 0.278. The Hall–Kier alpha value is -2.60. The number of anilines is 3. The first kappa shape index (κ1) is 13.8. The van der Waals surface area contributed by atoms with E-state index in [1.807, 2.05) is 0 Å². The lowest BCUT2D eigenvalue weighted by molar-refractivity contribution is 0.0600. The van der Waals surface area contributed by atoms with E-state index in [0.717, 1.165) is 11.3 Å². The maximum atomic E-state index is 11.5. The molecule has 1 aromatic heterocycles. The van der Waals surface area contributed by atoms with Gasteiger partial charge < -0.3 is 21.5 Å². The van der Waals surface area contributed by atoms with Gasteiger partial charge in [-0.3, -0.25) is 0 Å². The molecule has 0 saturated heterocycles. The summed E-state index contributed by atoms with van der Waals surface area (Å²) in [5, 5.41) is 3.11. The van der Waals surface area contributed by atoms with Crippen molar-refractivity contribution in [2.45, 2.75) is 6.54 Å². The smallest absolute Gasteiger partial charge is 0.337 e. The van der Waals surface area contributed by atoms with E-state index in [1.165, 1.54) is 7.11 Å². The third-order valence-corrected chi connectivity index (χ3v) is 2.84. The normalized spacial score (nSPS) is 10.1. The molecule has 0 amide bonds. The Morgan fingerprint density at radius 3 is 2.85 bits per heavy atom. The largest absolute Gasteiger partial charge is 0.465 e. The number of pyridine rings is 1. The molecule has 2 rings (SSSR count). The fourth-order valence-electron chi connectivity index (χ4n) is 1.78. The number of nitrogen functional groups attached to an aromatic ring is 1. The molecule has 0 fully saturated rings. The van der Waals surface area contributed by atoms with Gasteiger partial charge in [0, 0.05) is 18.4 Å². The van der Waals surface area contributed by atoms with Crippen molar-refractivity contribution in [1.82, 2.24) is 4.98 Å². The van der Waals surface area contributed by atoms with Gasteiger partial charge in [-0.2, -0.15) is 0 Å². The second-order valence-corrected chi connectivity index (χ2v) is 4.13. The van der Waals surface area contributed by atoms with Crippen LogP contribution in [-0.2, 0) is 11.3 Å². The number of hydrogen-bond acceptors (Lipinski definition) is 6. The molecule has 0 aliphatic carbocycles. The molecule has 6 nitrogen and oxygen atoms in total. The van der Waals surface area contributed by atoms with E-state index < -0.39 is 5.97 Å². The Morgan fingerprint density at radius 2 is 2.20 bits per heavy atom. The number of carbonyl (C=O) groups is 1. The van der Waals surface area contributed by atoms with Crippen LogP contribution in [0.3, 0.4) is 0 Å². The summed E-state index contributed by atoms with van der Waals surface area (Å²) < 4.78 is 4.68. The number of carbonyl (C=O) groups excluding carboxylic acids is 1. The summed E-state index contributed by atoms with van der Waals surface area (Å²) in [5.74, 6) is 0.150. The monoisotopic (exact) mass is 272 g/mol. The molecule has 104 valence electrons. The van der Waals surface area contributed by atoms with E-state index in [2.05, 4.69) is 15.0 Å². The van der Waals surface area contributed by atoms with E-state index in [9.17, 15) is 4.79 Å². The predicted octanol–water partition coefficient (Wildman–Crippen LogP) is 1.65. The number of rotatable bonds is 4. The van der Waals surface area contributed by atoms with Crippen LogP contribution in [0, 0.1) is 0 Å². The molecule has 1 heterocycles. The molecular formula is C14H16N4O2. The highest BCUT2D eigenvalue weighted by Crippen LogP contribution is 2.24. The van der Waals surface area contributed by atoms with Crippen molar-refractivity contribution in [3.8, 4) is 0 Å². The van der Waals surface area contributed by atoms with Crippen LogP contribution in [0.5, 0.6) is 0 Å². The van der Waals surface area contributed by atoms with Crippen molar-refractivity contribution in [2.75, 3.05) is 18.2 Å². The van der Waals surface area contributed by atoms with Gasteiger partial charge in [-0.25, -0.2) is 9.78 Å². The average Bonchev–Trinajstić information content (AvgIpc) is 2.49. The van der Waals surface area contributed by atoms with Crippen LogP contribution in [0.2, 0.25) is 0 Å². The quantitative estimate of drug-likeness (QED) is 0.731. The molecule has 6 heteroatoms. The van der Waals surface area contributed by atoms with Crippen LogP contribution in [-0.4, -0.2) is 18.1 Å². The first-order chi connectivity index (χ1) is 9.65. The molecule has 1 aromatic carbocycles. The van der Waals surface area contributed by atoms with Gasteiger partial charge in [-0.15, -0.1) is 0 Å². The number of nitrogens with zero attached hydrogens (tertiary/aromatic N) is 1. The van der Waals surface area contributed by atoms with Crippen LogP contribution in [0.25, 0.3) is 0 Å². The lowest BCUT2D eigenvalue weighted by Gasteiger charge is -2.12. The van der Waals surface area contributed by atoms with Gasteiger partial charge in [0.05, 0.1) is 18.4 Å². The zero-order valence-corrected chi connectivity index (χ0v) is 11.1. The number of hydrogen-bond donors (Lipinski definition) is 3. The number of benzene rings is 1. The van der Waals surface area contributed by atoms with Gasteiger partial charge in [0.1, 0.15) is 0 Å². The Balaban J connectivity index is 2.33. The number of nitrogens with one attached hydrogen (secondary N) is 1. The molecule has 0 saturated carbocycles. The summed E-state index contributed by atoms with van der Waals surface area (Å²) in [7, 11) is 1.34. The first-order valence-electron chi connectivity index (χ1n) is 6.04. The van der Waals surface area contributed by atoms with Crippen molar-refractivity contribution in [3.05, 3.63) is 47.7 Å². The molecule has 0 spiro atoms. The average molecular weight is 272 g/mol. The van der Waals surface area contributed by atoms with Crippen LogP contribution < -0.4 is 16.8 Å². The predicted molar refractivity (Wildman–Crippen MR) is 77.6 cm³/mol. The summed E-state index contributed by atoms with van der Waals surface area (Å²) >= 11 is 0. The van der Waals surface area contributed by atoms with Gasteiger partial charge in [-0.1, -0.05) is 0 Å². The zero-order valence-electron chi connectivity index (χ0n) is 11.1. The molecule has 20 heavy (non-hydrogen) atoms. The third kappa shape index (κ3) is 2.86. The van der Waals surface area contributed by atoms with E-state index in [4.69, 9.17) is 11.5 Å². The summed E-state index contributed by atoms with van der Waals surface area (Å²) in [4.78, 5) is 15.6. The Morgan fingerprint density at radius 1 is 1.40 bits per heavy atom. The van der Waals surface area contributed by atoms with E-state index >= 15 is 0 Å². The van der Waals surface area contributed by atoms with Crippen molar-refractivity contribution < 1.29 is 9.53 Å². The molecule has 0 unspecified atom stereocenters. The van der Waals surface area contributed by atoms with Crippen molar-refractivity contribution in [2.24, 2.45) is 5.73 Å². The number of ether oxygens (including phenoxy) is 1. The molecule has 0 aliphatic rings. The second-order valence-electron chi connectivity index (χ2n) is 4.13. The van der Waals surface area contributed by atoms with Crippen molar-refractivity contribution in [1.29, 1.82) is 0 Å². The fourth-order valence-corrected chi connectivity index (χ4v) is 1.78. The lowest BCUT2D eigenvalue weighted by Crippen LogP contribution is -2.08. The van der Waals surface area contributed by atoms with Crippen molar-refractivity contribution in [3.63, 3.8) is 0 Å². The second kappa shape index (κ2) is 6.03. The van der Waals surface area contributed by atoms with Crippen LogP contribution in [0.4, 0.5) is 17.2 Å². The zero-order chi connectivity index (χ0) is 14.5. The minimum atomic E-state index is -0.399. The van der Waals surface area contributed by atoms with Gasteiger partial charge in [0.2, 0.25) is 0 Å². The van der Waals surface area contributed by atoms with Gasteiger partial charge >= 0.3 is 5.97 Å². The van der Waals surface area contributed by atoms with Crippen LogP contribution in [0.15, 0.2) is 36.5 Å². The number of aromatic nitrogens is 1. The summed E-state index contributed by atoms with van der Waals surface area (Å²) in [5.41, 5.74) is 14.1. The highest BCUT2D eigenvalue weighted by molar-refractivity contribution is 5.90. The van der Waals surface area contributed by atoms with E-state index in [-0.39, 0.29) is 6.54 Å². The first-order valence-corrected chi connectivity index (χ1v) is 6.04. The molecule has 5 N–H and O–H groups in total. The highest BCUT2D eigenvalue weighted by Gasteiger charge is 2.10. The fraction of sp³-hybridized carbons (Fsp3) is 0.143.